The molecule has 12 heavy (non-hydrogen) atoms. The highest BCUT2D eigenvalue weighted by molar-refractivity contribution is 7.89. The minimum Gasteiger partial charge on any atom is -0.395 e. The van der Waals surface area contributed by atoms with Crippen LogP contribution in [0.25, 0.3) is 0 Å². The lowest BCUT2D eigenvalue weighted by Crippen LogP contribution is -2.47. The van der Waals surface area contributed by atoms with Gasteiger partial charge in [0, 0.05) is 26.2 Å². The highest BCUT2D eigenvalue weighted by Crippen LogP contribution is 2.01. The van der Waals surface area contributed by atoms with E-state index in [2.05, 4.69) is 5.32 Å². The minimum absolute atomic E-state index is 0.160. The van der Waals surface area contributed by atoms with Crippen LogP contribution in [0.5, 0.6) is 0 Å². The molecule has 5 nitrogen and oxygen atoms in total. The summed E-state index contributed by atoms with van der Waals surface area (Å²) >= 11 is 0. The molecule has 6 heteroatoms. The van der Waals surface area contributed by atoms with Gasteiger partial charge >= 0.3 is 0 Å². The van der Waals surface area contributed by atoms with Crippen molar-refractivity contribution in [1.29, 1.82) is 0 Å². The number of piperazine rings is 1. The van der Waals surface area contributed by atoms with Crippen LogP contribution in [-0.4, -0.2) is 56.4 Å². The van der Waals surface area contributed by atoms with Crippen molar-refractivity contribution in [2.24, 2.45) is 0 Å². The Labute approximate surface area is 72.4 Å². The molecule has 0 atom stereocenters. The van der Waals surface area contributed by atoms with E-state index in [1.54, 1.807) is 0 Å². The van der Waals surface area contributed by atoms with Gasteiger partial charge in [-0.1, -0.05) is 0 Å². The third-order valence-corrected chi connectivity index (χ3v) is 3.67. The third kappa shape index (κ3) is 2.41. The molecule has 0 saturated carbocycles. The summed E-state index contributed by atoms with van der Waals surface area (Å²) < 4.78 is 24.1. The Morgan fingerprint density at radius 3 is 2.42 bits per heavy atom. The van der Waals surface area contributed by atoms with Crippen LogP contribution in [0.4, 0.5) is 0 Å². The van der Waals surface area contributed by atoms with Crippen molar-refractivity contribution < 1.29 is 13.5 Å². The summed E-state index contributed by atoms with van der Waals surface area (Å²) in [6.45, 7) is 2.13. The van der Waals surface area contributed by atoms with Gasteiger partial charge in [-0.05, 0) is 0 Å². The number of nitrogens with zero attached hydrogens (tertiary/aromatic N) is 1. The molecule has 0 aliphatic carbocycles. The molecule has 0 unspecified atom stereocenters. The number of hydrogen-bond donors (Lipinski definition) is 2. The monoisotopic (exact) mass is 194 g/mol. The first-order valence-corrected chi connectivity index (χ1v) is 5.57. The van der Waals surface area contributed by atoms with Crippen molar-refractivity contribution >= 4 is 10.0 Å². The van der Waals surface area contributed by atoms with Gasteiger partial charge in [0.1, 0.15) is 0 Å². The second-order valence-electron chi connectivity index (χ2n) is 2.69. The Morgan fingerprint density at radius 2 is 1.92 bits per heavy atom. The summed E-state index contributed by atoms with van der Waals surface area (Å²) in [7, 11) is -3.19. The zero-order valence-corrected chi connectivity index (χ0v) is 7.68. The molecule has 0 bridgehead atoms. The molecule has 2 N–H and O–H groups in total. The molecule has 0 spiro atoms. The lowest BCUT2D eigenvalue weighted by molar-refractivity contribution is 0.309. The lowest BCUT2D eigenvalue weighted by atomic mass is 10.4. The van der Waals surface area contributed by atoms with Gasteiger partial charge in [-0.15, -0.1) is 0 Å². The molecule has 1 fully saturated rings. The summed E-state index contributed by atoms with van der Waals surface area (Å²) in [5, 5.41) is 11.6. The normalized spacial score (nSPS) is 21.1. The maximum absolute atomic E-state index is 11.3. The van der Waals surface area contributed by atoms with E-state index in [1.165, 1.54) is 4.31 Å². The summed E-state index contributed by atoms with van der Waals surface area (Å²) in [5.41, 5.74) is 0. The van der Waals surface area contributed by atoms with Crippen LogP contribution in [0.2, 0.25) is 0 Å². The summed E-state index contributed by atoms with van der Waals surface area (Å²) in [4.78, 5) is 0. The van der Waals surface area contributed by atoms with Crippen molar-refractivity contribution in [2.45, 2.75) is 0 Å². The molecule has 0 aromatic heterocycles. The van der Waals surface area contributed by atoms with Gasteiger partial charge in [-0.2, -0.15) is 4.31 Å². The first-order chi connectivity index (χ1) is 5.67. The van der Waals surface area contributed by atoms with E-state index in [0.29, 0.717) is 26.2 Å². The molecule has 1 aliphatic rings. The predicted octanol–water partition coefficient (Wildman–Crippen LogP) is -1.79. The van der Waals surface area contributed by atoms with Gasteiger partial charge in [0.25, 0.3) is 0 Å². The Hall–Kier alpha value is -0.170. The number of sulfonamides is 1. The third-order valence-electron chi connectivity index (χ3n) is 1.82. The topological polar surface area (TPSA) is 69.6 Å². The second-order valence-corrected chi connectivity index (χ2v) is 4.78. The molecule has 1 heterocycles. The van der Waals surface area contributed by atoms with Crippen LogP contribution in [0.1, 0.15) is 0 Å². The molecule has 1 rings (SSSR count). The van der Waals surface area contributed by atoms with Crippen molar-refractivity contribution in [3.05, 3.63) is 0 Å². The summed E-state index contributed by atoms with van der Waals surface area (Å²) in [6, 6.07) is 0. The molecule has 72 valence electrons. The standard InChI is InChI=1S/C6H14N2O3S/c9-5-6-12(10,11)8-3-1-7-2-4-8/h7,9H,1-6H2. The quantitative estimate of drug-likeness (QED) is 0.557. The zero-order valence-electron chi connectivity index (χ0n) is 6.86. The van der Waals surface area contributed by atoms with E-state index in [-0.39, 0.29) is 12.4 Å². The molecule has 0 radical (unpaired) electrons. The minimum atomic E-state index is -3.19. The van der Waals surface area contributed by atoms with Gasteiger partial charge in [0.2, 0.25) is 10.0 Å². The van der Waals surface area contributed by atoms with Gasteiger partial charge in [-0.25, -0.2) is 8.42 Å². The van der Waals surface area contributed by atoms with Gasteiger partial charge in [0.05, 0.1) is 12.4 Å². The van der Waals surface area contributed by atoms with Gasteiger partial charge < -0.3 is 10.4 Å². The fourth-order valence-electron chi connectivity index (χ4n) is 1.17. The average Bonchev–Trinajstić information content (AvgIpc) is 2.06. The van der Waals surface area contributed by atoms with Crippen LogP contribution in [0.15, 0.2) is 0 Å². The molecular weight excluding hydrogens is 180 g/mol. The number of aliphatic hydroxyl groups is 1. The Balaban J connectivity index is 2.54. The van der Waals surface area contributed by atoms with Crippen LogP contribution in [0.3, 0.4) is 0 Å². The van der Waals surface area contributed by atoms with E-state index >= 15 is 0 Å². The van der Waals surface area contributed by atoms with Crippen molar-refractivity contribution in [1.82, 2.24) is 9.62 Å². The fraction of sp³-hybridized carbons (Fsp3) is 1.00. The number of nitrogens with one attached hydrogen (secondary N) is 1. The van der Waals surface area contributed by atoms with Crippen LogP contribution >= 0.6 is 0 Å². The maximum Gasteiger partial charge on any atom is 0.216 e. The van der Waals surface area contributed by atoms with E-state index < -0.39 is 10.0 Å². The maximum atomic E-state index is 11.3. The van der Waals surface area contributed by atoms with Crippen LogP contribution in [0, 0.1) is 0 Å². The second kappa shape index (κ2) is 4.18. The Bertz CT molecular complexity index is 221. The SMILES string of the molecule is O=S(=O)(CCO)N1CCNCC1. The largest absolute Gasteiger partial charge is 0.395 e. The lowest BCUT2D eigenvalue weighted by Gasteiger charge is -2.26. The van der Waals surface area contributed by atoms with Gasteiger partial charge in [-0.3, -0.25) is 0 Å². The van der Waals surface area contributed by atoms with Crippen molar-refractivity contribution in [3.8, 4) is 0 Å². The Morgan fingerprint density at radius 1 is 1.33 bits per heavy atom. The van der Waals surface area contributed by atoms with Crippen LogP contribution < -0.4 is 5.32 Å². The van der Waals surface area contributed by atoms with Crippen molar-refractivity contribution in [3.63, 3.8) is 0 Å². The summed E-state index contributed by atoms with van der Waals surface area (Å²) in [5.74, 6) is -0.160. The van der Waals surface area contributed by atoms with E-state index in [0.717, 1.165) is 0 Å². The van der Waals surface area contributed by atoms with E-state index in [4.69, 9.17) is 5.11 Å². The predicted molar refractivity (Wildman–Crippen MR) is 45.3 cm³/mol. The average molecular weight is 194 g/mol. The van der Waals surface area contributed by atoms with E-state index in [1.807, 2.05) is 0 Å². The molecule has 0 aromatic rings. The highest BCUT2D eigenvalue weighted by atomic mass is 32.2. The molecule has 0 aromatic carbocycles. The first-order valence-electron chi connectivity index (χ1n) is 3.96. The summed E-state index contributed by atoms with van der Waals surface area (Å²) in [6.07, 6.45) is 0. The first kappa shape index (κ1) is 9.91. The number of hydrogen-bond acceptors (Lipinski definition) is 4. The number of rotatable bonds is 3. The molecule has 1 aliphatic heterocycles. The van der Waals surface area contributed by atoms with E-state index in [9.17, 15) is 8.42 Å². The highest BCUT2D eigenvalue weighted by Gasteiger charge is 2.22. The molecular formula is C6H14N2O3S. The Kier molecular flexibility index (Phi) is 3.45. The van der Waals surface area contributed by atoms with Crippen molar-refractivity contribution in [2.75, 3.05) is 38.5 Å². The zero-order chi connectivity index (χ0) is 9.03. The fourth-order valence-corrected chi connectivity index (χ4v) is 2.39. The molecule has 1 saturated heterocycles. The smallest absolute Gasteiger partial charge is 0.216 e. The number of aliphatic hydroxyl groups excluding tert-OH is 1. The molecule has 0 amide bonds. The van der Waals surface area contributed by atoms with Crippen LogP contribution in [-0.2, 0) is 10.0 Å². The van der Waals surface area contributed by atoms with Gasteiger partial charge in [0.15, 0.2) is 0 Å².